The highest BCUT2D eigenvalue weighted by Crippen LogP contribution is 2.39. The van der Waals surface area contributed by atoms with E-state index in [1.165, 1.54) is 5.56 Å². The maximum absolute atomic E-state index is 6.84. The molecule has 0 aliphatic carbocycles. The summed E-state index contributed by atoms with van der Waals surface area (Å²) in [5.41, 5.74) is 2.09. The lowest BCUT2D eigenvalue weighted by molar-refractivity contribution is 0.176. The van der Waals surface area contributed by atoms with Crippen LogP contribution in [0.3, 0.4) is 0 Å². The number of methoxy groups -OCH3 is 1. The fraction of sp³-hybridized carbons (Fsp3) is 0.500. The summed E-state index contributed by atoms with van der Waals surface area (Å²) in [4.78, 5) is 4.11. The molecule has 0 radical (unpaired) electrons. The number of hydrogen-bond donors (Lipinski definition) is 0. The molecule has 28 heavy (non-hydrogen) atoms. The average Bonchev–Trinajstić information content (AvgIpc) is 2.72. The van der Waals surface area contributed by atoms with Crippen molar-refractivity contribution < 1.29 is 9.16 Å². The Hall–Kier alpha value is -1.07. The Morgan fingerprint density at radius 3 is 2.18 bits per heavy atom. The Kier molecular flexibility index (Phi) is 9.28. The van der Waals surface area contributed by atoms with Crippen molar-refractivity contribution in [3.05, 3.63) is 57.8 Å². The summed E-state index contributed by atoms with van der Waals surface area (Å²) >= 11 is 13.0. The van der Waals surface area contributed by atoms with E-state index in [2.05, 4.69) is 31.8 Å². The van der Waals surface area contributed by atoms with Gasteiger partial charge in [0.25, 0.3) is 0 Å². The quantitative estimate of drug-likeness (QED) is 0.339. The number of aromatic nitrogens is 1. The Balaban J connectivity index is 2.23. The number of hydrogen-bond acceptors (Lipinski definition) is 3. The maximum atomic E-state index is 6.84. The van der Waals surface area contributed by atoms with Gasteiger partial charge in [-0.3, -0.25) is 4.98 Å². The maximum Gasteiger partial charge on any atom is 0.192 e. The minimum absolute atomic E-state index is 0.107. The van der Waals surface area contributed by atoms with Crippen LogP contribution < -0.4 is 4.74 Å². The summed E-state index contributed by atoms with van der Waals surface area (Å²) in [6.07, 6.45) is 5.95. The molecule has 0 aliphatic rings. The van der Waals surface area contributed by atoms with E-state index in [9.17, 15) is 0 Å². The van der Waals surface area contributed by atoms with Crippen LogP contribution in [0.2, 0.25) is 28.2 Å². The lowest BCUT2D eigenvalue weighted by atomic mass is 10.0. The van der Waals surface area contributed by atoms with Gasteiger partial charge in [0, 0.05) is 18.0 Å². The van der Waals surface area contributed by atoms with Crippen LogP contribution in [-0.4, -0.2) is 20.4 Å². The summed E-state index contributed by atoms with van der Waals surface area (Å²) < 4.78 is 12.3. The first-order valence-electron chi connectivity index (χ1n) is 10.1. The van der Waals surface area contributed by atoms with E-state index >= 15 is 0 Å². The molecule has 1 aromatic carbocycles. The van der Waals surface area contributed by atoms with Crippen LogP contribution in [0.15, 0.2) is 36.7 Å². The van der Waals surface area contributed by atoms with Gasteiger partial charge in [-0.05, 0) is 49.0 Å². The molecule has 0 saturated heterocycles. The second-order valence-corrected chi connectivity index (χ2v) is 12.6. The van der Waals surface area contributed by atoms with Gasteiger partial charge in [0.1, 0.15) is 5.75 Å². The first-order chi connectivity index (χ1) is 13.5. The molecule has 1 atom stereocenters. The lowest BCUT2D eigenvalue weighted by Crippen LogP contribution is -2.37. The fourth-order valence-electron chi connectivity index (χ4n) is 3.68. The van der Waals surface area contributed by atoms with Gasteiger partial charge >= 0.3 is 0 Å². The monoisotopic (exact) mass is 439 g/mol. The minimum Gasteiger partial charge on any atom is -0.496 e. The van der Waals surface area contributed by atoms with E-state index in [-0.39, 0.29) is 6.10 Å². The topological polar surface area (TPSA) is 31.4 Å². The van der Waals surface area contributed by atoms with Crippen LogP contribution in [0.1, 0.15) is 50.8 Å². The smallest absolute Gasteiger partial charge is 0.192 e. The van der Waals surface area contributed by atoms with Crippen LogP contribution in [0.4, 0.5) is 0 Å². The molecule has 0 bridgehead atoms. The van der Waals surface area contributed by atoms with Gasteiger partial charge in [0.2, 0.25) is 0 Å². The SMILES string of the molecule is CC[Si](CC)(CC)OC(CCCc1ccccc1OC)c1c(Cl)cncc1Cl. The van der Waals surface area contributed by atoms with Gasteiger partial charge in [-0.25, -0.2) is 0 Å². The second kappa shape index (κ2) is 11.2. The van der Waals surface area contributed by atoms with Gasteiger partial charge in [-0.2, -0.15) is 0 Å². The molecule has 2 rings (SSSR count). The van der Waals surface area contributed by atoms with Crippen molar-refractivity contribution in [3.63, 3.8) is 0 Å². The van der Waals surface area contributed by atoms with E-state index < -0.39 is 8.32 Å². The van der Waals surface area contributed by atoms with Crippen LogP contribution in [0, 0.1) is 0 Å². The van der Waals surface area contributed by atoms with Crippen LogP contribution >= 0.6 is 23.2 Å². The number of benzene rings is 1. The zero-order valence-corrected chi connectivity index (χ0v) is 19.8. The molecule has 0 spiro atoms. The van der Waals surface area contributed by atoms with Gasteiger partial charge < -0.3 is 9.16 Å². The first-order valence-corrected chi connectivity index (χ1v) is 13.4. The van der Waals surface area contributed by atoms with Crippen molar-refractivity contribution in [1.82, 2.24) is 4.98 Å². The van der Waals surface area contributed by atoms with Gasteiger partial charge in [-0.15, -0.1) is 0 Å². The zero-order chi connectivity index (χ0) is 20.6. The van der Waals surface area contributed by atoms with Crippen molar-refractivity contribution in [3.8, 4) is 5.75 Å². The number of para-hydroxylation sites is 1. The molecule has 0 aliphatic heterocycles. The Labute approximate surface area is 180 Å². The summed E-state index contributed by atoms with van der Waals surface area (Å²) in [5, 5.41) is 1.17. The van der Waals surface area contributed by atoms with E-state index in [0.717, 1.165) is 48.7 Å². The molecule has 0 N–H and O–H groups in total. The Bertz CT molecular complexity index is 725. The molecule has 1 heterocycles. The average molecular weight is 440 g/mol. The highest BCUT2D eigenvalue weighted by molar-refractivity contribution is 6.73. The highest BCUT2D eigenvalue weighted by atomic mass is 35.5. The standard InChI is InChI=1S/C22H31Cl2NO2Si/c1-5-28(6-2,7-3)27-21(22-18(23)15-25-16-19(22)24)14-10-12-17-11-8-9-13-20(17)26-4/h8-9,11,13,15-16,21H,5-7,10,12,14H2,1-4H3. The summed E-state index contributed by atoms with van der Waals surface area (Å²) in [6, 6.07) is 11.4. The van der Waals surface area contributed by atoms with Crippen molar-refractivity contribution in [1.29, 1.82) is 0 Å². The molecule has 0 fully saturated rings. The molecule has 3 nitrogen and oxygen atoms in total. The van der Waals surface area contributed by atoms with Crippen molar-refractivity contribution >= 4 is 31.5 Å². The summed E-state index contributed by atoms with van der Waals surface area (Å²) in [7, 11) is -0.105. The minimum atomic E-state index is -1.82. The normalized spacial score (nSPS) is 12.8. The van der Waals surface area contributed by atoms with Gasteiger partial charge in [0.05, 0.1) is 23.3 Å². The summed E-state index contributed by atoms with van der Waals surface area (Å²) in [6.45, 7) is 6.71. The number of ether oxygens (including phenoxy) is 1. The highest BCUT2D eigenvalue weighted by Gasteiger charge is 2.33. The third-order valence-electron chi connectivity index (χ3n) is 5.64. The van der Waals surface area contributed by atoms with Crippen LogP contribution in [0.25, 0.3) is 0 Å². The van der Waals surface area contributed by atoms with E-state index in [0.29, 0.717) is 10.0 Å². The lowest BCUT2D eigenvalue weighted by Gasteiger charge is -2.34. The second-order valence-electron chi connectivity index (χ2n) is 7.07. The molecule has 6 heteroatoms. The molecular weight excluding hydrogens is 409 g/mol. The number of aryl methyl sites for hydroxylation is 1. The molecule has 2 aromatic rings. The summed E-state index contributed by atoms with van der Waals surface area (Å²) in [5.74, 6) is 0.930. The number of pyridine rings is 1. The van der Waals surface area contributed by atoms with E-state index in [1.807, 2.05) is 18.2 Å². The first kappa shape index (κ1) is 23.2. The number of rotatable bonds is 11. The predicted molar refractivity (Wildman–Crippen MR) is 121 cm³/mol. The van der Waals surface area contributed by atoms with Gasteiger partial charge in [-0.1, -0.05) is 62.2 Å². The molecular formula is C22H31Cl2NO2Si. The molecule has 0 saturated carbocycles. The largest absolute Gasteiger partial charge is 0.496 e. The van der Waals surface area contributed by atoms with Crippen molar-refractivity contribution in [2.24, 2.45) is 0 Å². The van der Waals surface area contributed by atoms with Gasteiger partial charge in [0.15, 0.2) is 8.32 Å². The third-order valence-corrected chi connectivity index (χ3v) is 10.9. The van der Waals surface area contributed by atoms with Crippen LogP contribution in [-0.2, 0) is 10.8 Å². The fourth-order valence-corrected chi connectivity index (χ4v) is 7.13. The predicted octanol–water partition coefficient (Wildman–Crippen LogP) is 7.48. The Morgan fingerprint density at radius 1 is 1.00 bits per heavy atom. The molecule has 154 valence electrons. The van der Waals surface area contributed by atoms with Crippen molar-refractivity contribution in [2.45, 2.75) is 64.3 Å². The number of halogens is 2. The molecule has 1 aromatic heterocycles. The van der Waals surface area contributed by atoms with E-state index in [1.54, 1.807) is 19.5 Å². The zero-order valence-electron chi connectivity index (χ0n) is 17.3. The van der Waals surface area contributed by atoms with Crippen molar-refractivity contribution in [2.75, 3.05) is 7.11 Å². The number of nitrogens with zero attached hydrogens (tertiary/aromatic N) is 1. The Morgan fingerprint density at radius 2 is 1.61 bits per heavy atom. The molecule has 1 unspecified atom stereocenters. The third kappa shape index (κ3) is 5.72. The van der Waals surface area contributed by atoms with E-state index in [4.69, 9.17) is 32.4 Å². The molecule has 0 amide bonds. The van der Waals surface area contributed by atoms with Crippen LogP contribution in [0.5, 0.6) is 5.75 Å².